The summed E-state index contributed by atoms with van der Waals surface area (Å²) in [4.78, 5) is 14.9. The van der Waals surface area contributed by atoms with E-state index in [4.69, 9.17) is 4.74 Å². The minimum Gasteiger partial charge on any atom is -0.544 e. The molecule has 0 atom stereocenters. The lowest BCUT2D eigenvalue weighted by Gasteiger charge is -2.15. The van der Waals surface area contributed by atoms with Crippen LogP contribution in [0.15, 0.2) is 12.1 Å². The van der Waals surface area contributed by atoms with Gasteiger partial charge in [0.1, 0.15) is 16.6 Å². The zero-order valence-electron chi connectivity index (χ0n) is 14.2. The molecule has 0 aliphatic rings. The summed E-state index contributed by atoms with van der Waals surface area (Å²) in [6.45, 7) is 2.80. The van der Waals surface area contributed by atoms with Crippen molar-refractivity contribution in [3.05, 3.63) is 28.3 Å². The maximum Gasteiger partial charge on any atom is 0.534 e. The molecule has 0 amide bonds. The molecular weight excluding hydrogens is 425 g/mol. The molecule has 150 valence electrons. The average molecular weight is 435 g/mol. The first-order chi connectivity index (χ1) is 12.9. The Hall–Kier alpha value is -2.85. The summed E-state index contributed by atoms with van der Waals surface area (Å²) < 4.78 is 69.8. The maximum atomic E-state index is 12.6. The summed E-state index contributed by atoms with van der Waals surface area (Å²) in [5.74, 6) is -2.85. The number of nitriles is 1. The van der Waals surface area contributed by atoms with Crippen molar-refractivity contribution in [2.24, 2.45) is 0 Å². The highest BCUT2D eigenvalue weighted by Crippen LogP contribution is 2.40. The number of alkyl halides is 3. The molecule has 28 heavy (non-hydrogen) atoms. The summed E-state index contributed by atoms with van der Waals surface area (Å²) in [6.07, 6.45) is 0. The van der Waals surface area contributed by atoms with Crippen LogP contribution in [-0.2, 0) is 10.1 Å². The van der Waals surface area contributed by atoms with E-state index in [9.17, 15) is 36.8 Å². The van der Waals surface area contributed by atoms with Crippen LogP contribution < -0.4 is 14.0 Å². The van der Waals surface area contributed by atoms with Crippen LogP contribution in [0.4, 0.5) is 13.2 Å². The van der Waals surface area contributed by atoms with Crippen LogP contribution >= 0.6 is 11.3 Å². The number of aromatic carboxylic acids is 1. The number of benzene rings is 1. The smallest absolute Gasteiger partial charge is 0.534 e. The second-order valence-electron chi connectivity index (χ2n) is 5.10. The van der Waals surface area contributed by atoms with Gasteiger partial charge in [-0.25, -0.2) is 4.98 Å². The number of halogens is 3. The normalized spacial score (nSPS) is 11.7. The van der Waals surface area contributed by atoms with Crippen molar-refractivity contribution in [3.8, 4) is 28.1 Å². The third kappa shape index (κ3) is 4.18. The van der Waals surface area contributed by atoms with E-state index in [-0.39, 0.29) is 27.7 Å². The third-order valence-corrected chi connectivity index (χ3v) is 5.32. The Bertz CT molecular complexity index is 1070. The molecule has 2 rings (SSSR count). The van der Waals surface area contributed by atoms with E-state index >= 15 is 0 Å². The molecule has 0 bridgehead atoms. The monoisotopic (exact) mass is 435 g/mol. The first-order valence-electron chi connectivity index (χ1n) is 7.32. The van der Waals surface area contributed by atoms with E-state index in [0.717, 1.165) is 12.1 Å². The van der Waals surface area contributed by atoms with Crippen molar-refractivity contribution in [2.45, 2.75) is 19.4 Å². The van der Waals surface area contributed by atoms with E-state index < -0.39 is 38.7 Å². The quantitative estimate of drug-likeness (QED) is 0.497. The number of ether oxygens (including phenoxy) is 1. The van der Waals surface area contributed by atoms with Gasteiger partial charge in [0.15, 0.2) is 5.75 Å². The number of rotatable bonds is 6. The van der Waals surface area contributed by atoms with E-state index in [1.807, 2.05) is 0 Å². The van der Waals surface area contributed by atoms with E-state index in [2.05, 4.69) is 9.17 Å². The molecule has 13 heteroatoms. The summed E-state index contributed by atoms with van der Waals surface area (Å²) in [5, 5.41) is 20.4. The van der Waals surface area contributed by atoms with Crippen LogP contribution in [0, 0.1) is 18.3 Å². The molecule has 0 fully saturated rings. The predicted octanol–water partition coefficient (Wildman–Crippen LogP) is 1.98. The molecule has 0 aliphatic carbocycles. The standard InChI is InChI=1S/C15H11F3N2O6S2/c1-3-25-10-5-8(13-20-7(2)12(27-13)14(21)22)4-9(6-19)11(10)26-28(23,24)15(16,17)18/h4-5H,3H2,1-2H3,(H,21,22)/p-1. The van der Waals surface area contributed by atoms with Crippen molar-refractivity contribution in [3.63, 3.8) is 0 Å². The summed E-state index contributed by atoms with van der Waals surface area (Å²) in [5.41, 5.74) is -6.03. The first-order valence-corrected chi connectivity index (χ1v) is 9.54. The predicted molar refractivity (Wildman–Crippen MR) is 88.1 cm³/mol. The van der Waals surface area contributed by atoms with Crippen molar-refractivity contribution >= 4 is 27.4 Å². The number of nitrogens with zero attached hydrogens (tertiary/aromatic N) is 2. The van der Waals surface area contributed by atoms with Crippen LogP contribution in [0.2, 0.25) is 0 Å². The van der Waals surface area contributed by atoms with Gasteiger partial charge in [0.2, 0.25) is 5.75 Å². The molecule has 1 aromatic carbocycles. The van der Waals surface area contributed by atoms with Crippen LogP contribution in [-0.4, -0.2) is 31.5 Å². The van der Waals surface area contributed by atoms with Crippen LogP contribution in [0.1, 0.15) is 27.9 Å². The van der Waals surface area contributed by atoms with Crippen LogP contribution in [0.5, 0.6) is 11.5 Å². The van der Waals surface area contributed by atoms with Gasteiger partial charge in [-0.3, -0.25) is 0 Å². The summed E-state index contributed by atoms with van der Waals surface area (Å²) >= 11 is 0.713. The average Bonchev–Trinajstić information content (AvgIpc) is 2.97. The third-order valence-electron chi connectivity index (χ3n) is 3.18. The zero-order valence-corrected chi connectivity index (χ0v) is 15.8. The second-order valence-corrected chi connectivity index (χ2v) is 7.64. The number of carbonyl (C=O) groups is 1. The fraction of sp³-hybridized carbons (Fsp3) is 0.267. The van der Waals surface area contributed by atoms with Gasteiger partial charge < -0.3 is 18.8 Å². The lowest BCUT2D eigenvalue weighted by atomic mass is 10.1. The van der Waals surface area contributed by atoms with Gasteiger partial charge in [0.25, 0.3) is 0 Å². The van der Waals surface area contributed by atoms with E-state index in [1.165, 1.54) is 19.9 Å². The van der Waals surface area contributed by atoms with E-state index in [1.54, 1.807) is 0 Å². The molecule has 0 N–H and O–H groups in total. The molecule has 0 saturated heterocycles. The first kappa shape index (κ1) is 21.5. The van der Waals surface area contributed by atoms with Crippen molar-refractivity contribution < 1.29 is 40.4 Å². The van der Waals surface area contributed by atoms with Gasteiger partial charge in [-0.15, -0.1) is 11.3 Å². The fourth-order valence-corrected chi connectivity index (χ4v) is 3.40. The molecule has 1 heterocycles. The summed E-state index contributed by atoms with van der Waals surface area (Å²) in [6, 6.07) is 3.65. The van der Waals surface area contributed by atoms with Gasteiger partial charge in [-0.2, -0.15) is 26.9 Å². The zero-order chi connectivity index (χ0) is 21.3. The number of hydrogen-bond donors (Lipinski definition) is 0. The highest BCUT2D eigenvalue weighted by molar-refractivity contribution is 7.88. The number of aryl methyl sites for hydroxylation is 1. The van der Waals surface area contributed by atoms with Gasteiger partial charge in [-0.1, -0.05) is 0 Å². The molecule has 1 aromatic heterocycles. The van der Waals surface area contributed by atoms with Gasteiger partial charge in [0.05, 0.1) is 23.1 Å². The molecule has 0 spiro atoms. The molecule has 0 unspecified atom stereocenters. The van der Waals surface area contributed by atoms with Gasteiger partial charge in [0, 0.05) is 5.56 Å². The Morgan fingerprint density at radius 3 is 2.50 bits per heavy atom. The summed E-state index contributed by atoms with van der Waals surface area (Å²) in [7, 11) is -6.05. The number of carboxylic acids is 1. The fourth-order valence-electron chi connectivity index (χ4n) is 2.02. The number of hydrogen-bond acceptors (Lipinski definition) is 9. The Labute approximate surface area is 160 Å². The van der Waals surface area contributed by atoms with Crippen molar-refractivity contribution in [1.82, 2.24) is 4.98 Å². The molecule has 8 nitrogen and oxygen atoms in total. The number of aromatic nitrogens is 1. The Balaban J connectivity index is 2.66. The Kier molecular flexibility index (Phi) is 5.86. The van der Waals surface area contributed by atoms with Crippen LogP contribution in [0.25, 0.3) is 10.6 Å². The molecule has 0 aliphatic heterocycles. The van der Waals surface area contributed by atoms with Crippen LogP contribution in [0.3, 0.4) is 0 Å². The lowest BCUT2D eigenvalue weighted by molar-refractivity contribution is -0.254. The van der Waals surface area contributed by atoms with E-state index in [0.29, 0.717) is 11.3 Å². The molecule has 0 radical (unpaired) electrons. The highest BCUT2D eigenvalue weighted by atomic mass is 32.2. The maximum absolute atomic E-state index is 12.6. The largest absolute Gasteiger partial charge is 0.544 e. The number of carboxylic acid groups (broad SMARTS) is 1. The lowest BCUT2D eigenvalue weighted by Crippen LogP contribution is -2.28. The molecule has 0 saturated carbocycles. The number of carbonyl (C=O) groups excluding carboxylic acids is 1. The second kappa shape index (κ2) is 7.64. The molecular formula is C15H10F3N2O6S2-. The minimum absolute atomic E-state index is 0.0854. The topological polar surface area (TPSA) is 129 Å². The number of thiazole rings is 1. The molecule has 2 aromatic rings. The van der Waals surface area contributed by atoms with Gasteiger partial charge >= 0.3 is 15.6 Å². The minimum atomic E-state index is -6.05. The Morgan fingerprint density at radius 1 is 1.39 bits per heavy atom. The van der Waals surface area contributed by atoms with Crippen molar-refractivity contribution in [1.29, 1.82) is 5.26 Å². The SMILES string of the molecule is CCOc1cc(-c2nc(C)c(C(=O)[O-])s2)cc(C#N)c1OS(=O)(=O)C(F)(F)F. The van der Waals surface area contributed by atoms with Crippen molar-refractivity contribution in [2.75, 3.05) is 6.61 Å². The Morgan fingerprint density at radius 2 is 2.04 bits per heavy atom. The van der Waals surface area contributed by atoms with Gasteiger partial charge in [-0.05, 0) is 26.0 Å². The highest BCUT2D eigenvalue weighted by Gasteiger charge is 2.49.